The van der Waals surface area contributed by atoms with Gasteiger partial charge in [-0.3, -0.25) is 4.79 Å². The summed E-state index contributed by atoms with van der Waals surface area (Å²) in [6.45, 7) is 3.71. The number of aromatic hydroxyl groups is 1. The van der Waals surface area contributed by atoms with Crippen molar-refractivity contribution in [3.8, 4) is 17.2 Å². The van der Waals surface area contributed by atoms with Crippen molar-refractivity contribution in [2.45, 2.75) is 17.8 Å². The van der Waals surface area contributed by atoms with Crippen LogP contribution >= 0.6 is 0 Å². The molecule has 0 unspecified atom stereocenters. The largest absolute Gasteiger partial charge is 0.508 e. The Balaban J connectivity index is 2.01. The first-order valence-electron chi connectivity index (χ1n) is 7.20. The Labute approximate surface area is 132 Å². The highest BCUT2D eigenvalue weighted by atomic mass is 16.7. The minimum atomic E-state index is -2.20. The highest BCUT2D eigenvalue weighted by Gasteiger charge is 2.68. The van der Waals surface area contributed by atoms with Crippen LogP contribution in [0, 0.1) is 0 Å². The second-order valence-electron chi connectivity index (χ2n) is 5.67. The van der Waals surface area contributed by atoms with E-state index in [0.29, 0.717) is 11.3 Å². The minimum absolute atomic E-state index is 0.0234. The van der Waals surface area contributed by atoms with Gasteiger partial charge in [-0.25, -0.2) is 0 Å². The number of aliphatic hydroxyl groups is 1. The summed E-state index contributed by atoms with van der Waals surface area (Å²) in [5, 5.41) is 20.8. The number of carbonyl (C=O) groups is 1. The molecule has 23 heavy (non-hydrogen) atoms. The highest BCUT2D eigenvalue weighted by molar-refractivity contribution is 6.06. The molecule has 5 heteroatoms. The number of Topliss-reactive ketones (excluding diaryl/α,β-unsaturated/α-hetero) is 1. The number of phenols is 1. The van der Waals surface area contributed by atoms with Gasteiger partial charge in [0.15, 0.2) is 0 Å². The first-order valence-corrected chi connectivity index (χ1v) is 7.20. The van der Waals surface area contributed by atoms with E-state index in [1.165, 1.54) is 12.1 Å². The Morgan fingerprint density at radius 1 is 1.13 bits per heavy atom. The van der Waals surface area contributed by atoms with Crippen LogP contribution in [0.2, 0.25) is 0 Å². The summed E-state index contributed by atoms with van der Waals surface area (Å²) < 4.78 is 11.7. The van der Waals surface area contributed by atoms with Gasteiger partial charge in [-0.1, -0.05) is 18.2 Å². The fraction of sp³-hybridized carbons (Fsp3) is 0.167. The molecule has 0 amide bonds. The van der Waals surface area contributed by atoms with Crippen molar-refractivity contribution >= 4 is 5.78 Å². The Hall–Kier alpha value is -2.79. The van der Waals surface area contributed by atoms with E-state index in [0.717, 1.165) is 0 Å². The smallest absolute Gasteiger partial charge is 0.318 e. The summed E-state index contributed by atoms with van der Waals surface area (Å²) in [7, 11) is 0. The summed E-state index contributed by atoms with van der Waals surface area (Å²) in [5.74, 6) is -2.20. The molecular weight excluding hydrogens is 296 g/mol. The van der Waals surface area contributed by atoms with Crippen LogP contribution in [0.1, 0.15) is 22.3 Å². The van der Waals surface area contributed by atoms with Gasteiger partial charge >= 0.3 is 5.79 Å². The molecule has 5 nitrogen and oxygen atoms in total. The summed E-state index contributed by atoms with van der Waals surface area (Å²) in [6, 6.07) is 11.1. The summed E-state index contributed by atoms with van der Waals surface area (Å²) in [6.07, 6.45) is 1.73. The predicted molar refractivity (Wildman–Crippen MR) is 81.6 cm³/mol. The standard InChI is InChI=1S/C18H14O5/c1-2-9-17-13-8-7-11(19)10-15(13)23-18(17,21)16(20)12-5-3-4-6-14(12)22-17/h2-8,10,19,21H,1,9H2/t17-,18-/m1/s1. The van der Waals surface area contributed by atoms with Crippen molar-refractivity contribution in [3.63, 3.8) is 0 Å². The molecule has 0 radical (unpaired) electrons. The number of hydrogen-bond acceptors (Lipinski definition) is 5. The third kappa shape index (κ3) is 1.57. The minimum Gasteiger partial charge on any atom is -0.508 e. The molecule has 116 valence electrons. The second-order valence-corrected chi connectivity index (χ2v) is 5.67. The molecule has 2 aliphatic heterocycles. The Morgan fingerprint density at radius 2 is 1.91 bits per heavy atom. The van der Waals surface area contributed by atoms with Crippen LogP contribution in [-0.2, 0) is 5.60 Å². The second kappa shape index (κ2) is 4.36. The maximum atomic E-state index is 12.9. The van der Waals surface area contributed by atoms with Crippen LogP contribution < -0.4 is 9.47 Å². The topological polar surface area (TPSA) is 76.0 Å². The van der Waals surface area contributed by atoms with Gasteiger partial charge in [0, 0.05) is 18.1 Å². The molecule has 2 heterocycles. The van der Waals surface area contributed by atoms with Gasteiger partial charge in [0.2, 0.25) is 11.4 Å². The lowest BCUT2D eigenvalue weighted by Gasteiger charge is -2.42. The average molecular weight is 310 g/mol. The number of benzene rings is 2. The van der Waals surface area contributed by atoms with Gasteiger partial charge < -0.3 is 19.7 Å². The molecule has 0 fully saturated rings. The van der Waals surface area contributed by atoms with Crippen LogP contribution in [0.25, 0.3) is 0 Å². The number of phenolic OH excluding ortho intramolecular Hbond substituents is 1. The van der Waals surface area contributed by atoms with Gasteiger partial charge in [0.1, 0.15) is 17.2 Å². The molecule has 4 rings (SSSR count). The van der Waals surface area contributed by atoms with E-state index in [1.54, 1.807) is 36.4 Å². The average Bonchev–Trinajstić information content (AvgIpc) is 2.77. The van der Waals surface area contributed by atoms with Gasteiger partial charge in [0.25, 0.3) is 0 Å². The van der Waals surface area contributed by atoms with Crippen molar-refractivity contribution in [2.24, 2.45) is 0 Å². The molecule has 0 aliphatic carbocycles. The molecule has 0 spiro atoms. The monoisotopic (exact) mass is 310 g/mol. The normalized spacial score (nSPS) is 27.3. The summed E-state index contributed by atoms with van der Waals surface area (Å²) in [5.41, 5.74) is -0.671. The molecule has 0 saturated carbocycles. The van der Waals surface area contributed by atoms with Gasteiger partial charge in [-0.2, -0.15) is 0 Å². The summed E-state index contributed by atoms with van der Waals surface area (Å²) in [4.78, 5) is 12.9. The van der Waals surface area contributed by atoms with E-state index in [1.807, 2.05) is 0 Å². The zero-order valence-electron chi connectivity index (χ0n) is 12.2. The molecule has 0 saturated heterocycles. The molecule has 2 atom stereocenters. The Morgan fingerprint density at radius 3 is 2.70 bits per heavy atom. The number of hydrogen-bond donors (Lipinski definition) is 2. The maximum Gasteiger partial charge on any atom is 0.318 e. The summed E-state index contributed by atoms with van der Waals surface area (Å²) >= 11 is 0. The zero-order valence-corrected chi connectivity index (χ0v) is 12.2. The SMILES string of the molecule is C=CC[C@]12Oc3ccccc3C(=O)[C@@]1(O)Oc1cc(O)ccc12. The first-order chi connectivity index (χ1) is 11.0. The predicted octanol–water partition coefficient (Wildman–Crippen LogP) is 2.52. The highest BCUT2D eigenvalue weighted by Crippen LogP contribution is 2.56. The molecule has 0 aromatic heterocycles. The quantitative estimate of drug-likeness (QED) is 0.834. The fourth-order valence-electron chi connectivity index (χ4n) is 3.31. The van der Waals surface area contributed by atoms with Gasteiger partial charge in [0.05, 0.1) is 5.56 Å². The number of ether oxygens (including phenoxy) is 2. The van der Waals surface area contributed by atoms with Crippen molar-refractivity contribution in [2.75, 3.05) is 0 Å². The number of ketones is 1. The lowest BCUT2D eigenvalue weighted by Crippen LogP contribution is -2.62. The number of rotatable bonds is 2. The molecule has 2 aliphatic rings. The van der Waals surface area contributed by atoms with Crippen molar-refractivity contribution in [3.05, 3.63) is 66.2 Å². The number of carbonyl (C=O) groups excluding carboxylic acids is 1. The van der Waals surface area contributed by atoms with Crippen molar-refractivity contribution in [1.82, 2.24) is 0 Å². The van der Waals surface area contributed by atoms with Gasteiger partial charge in [-0.15, -0.1) is 6.58 Å². The Kier molecular flexibility index (Phi) is 2.63. The third-order valence-corrected chi connectivity index (χ3v) is 4.36. The molecule has 2 N–H and O–H groups in total. The molecule has 2 aromatic rings. The van der Waals surface area contributed by atoms with E-state index >= 15 is 0 Å². The molecule has 0 bridgehead atoms. The molecule has 2 aromatic carbocycles. The van der Waals surface area contributed by atoms with E-state index in [4.69, 9.17) is 9.47 Å². The van der Waals surface area contributed by atoms with Crippen LogP contribution in [0.15, 0.2) is 55.1 Å². The Bertz CT molecular complexity index is 843. The first kappa shape index (κ1) is 13.8. The van der Waals surface area contributed by atoms with Crippen LogP contribution in [0.5, 0.6) is 17.2 Å². The van der Waals surface area contributed by atoms with E-state index < -0.39 is 17.2 Å². The van der Waals surface area contributed by atoms with Crippen molar-refractivity contribution < 1.29 is 24.5 Å². The van der Waals surface area contributed by atoms with Crippen molar-refractivity contribution in [1.29, 1.82) is 0 Å². The zero-order chi connectivity index (χ0) is 16.2. The third-order valence-electron chi connectivity index (χ3n) is 4.36. The number of para-hydroxylation sites is 1. The lowest BCUT2D eigenvalue weighted by molar-refractivity contribution is -0.201. The fourth-order valence-corrected chi connectivity index (χ4v) is 3.31. The van der Waals surface area contributed by atoms with Crippen LogP contribution in [0.4, 0.5) is 0 Å². The molecular formula is C18H14O5. The maximum absolute atomic E-state index is 12.9. The van der Waals surface area contributed by atoms with E-state index in [2.05, 4.69) is 6.58 Å². The van der Waals surface area contributed by atoms with E-state index in [-0.39, 0.29) is 23.5 Å². The van der Waals surface area contributed by atoms with E-state index in [9.17, 15) is 15.0 Å². The van der Waals surface area contributed by atoms with Crippen LogP contribution in [0.3, 0.4) is 0 Å². The number of fused-ring (bicyclic) bond motifs is 4. The van der Waals surface area contributed by atoms with Gasteiger partial charge in [-0.05, 0) is 24.3 Å². The lowest BCUT2D eigenvalue weighted by atomic mass is 9.78. The van der Waals surface area contributed by atoms with Crippen LogP contribution in [-0.4, -0.2) is 21.8 Å².